The molecular weight excluding hydrogens is 276 g/mol. The third-order valence-corrected chi connectivity index (χ3v) is 3.93. The van der Waals surface area contributed by atoms with E-state index >= 15 is 0 Å². The second-order valence-corrected chi connectivity index (χ2v) is 5.51. The molecule has 1 aromatic carbocycles. The van der Waals surface area contributed by atoms with Crippen LogP contribution in [0.25, 0.3) is 0 Å². The van der Waals surface area contributed by atoms with Crippen LogP contribution in [0.5, 0.6) is 5.88 Å². The Morgan fingerprint density at radius 1 is 1.36 bits per heavy atom. The molecule has 0 saturated carbocycles. The highest BCUT2D eigenvalue weighted by Gasteiger charge is 2.34. The minimum atomic E-state index is -0.227. The number of aromatic amines is 1. The number of nitrogens with one attached hydrogen (secondary N) is 1. The van der Waals surface area contributed by atoms with Gasteiger partial charge in [-0.05, 0) is 18.9 Å². The molecule has 1 aromatic heterocycles. The van der Waals surface area contributed by atoms with Crippen molar-refractivity contribution in [1.29, 1.82) is 5.26 Å². The van der Waals surface area contributed by atoms with Crippen LogP contribution >= 0.6 is 0 Å². The van der Waals surface area contributed by atoms with Gasteiger partial charge in [0.2, 0.25) is 11.8 Å². The van der Waals surface area contributed by atoms with Gasteiger partial charge in [-0.25, -0.2) is 0 Å². The van der Waals surface area contributed by atoms with E-state index in [0.29, 0.717) is 11.5 Å². The van der Waals surface area contributed by atoms with Gasteiger partial charge in [0.25, 0.3) is 0 Å². The zero-order valence-electron chi connectivity index (χ0n) is 12.7. The zero-order valence-corrected chi connectivity index (χ0v) is 12.7. The minimum absolute atomic E-state index is 0.134. The van der Waals surface area contributed by atoms with Crippen molar-refractivity contribution in [2.75, 3.05) is 0 Å². The Morgan fingerprint density at radius 3 is 2.73 bits per heavy atom. The summed E-state index contributed by atoms with van der Waals surface area (Å²) >= 11 is 0. The molecule has 0 radical (unpaired) electrons. The van der Waals surface area contributed by atoms with Crippen LogP contribution in [0.15, 0.2) is 35.7 Å². The Hall–Kier alpha value is -2.74. The molecule has 0 spiro atoms. The number of ether oxygens (including phenoxy) is 1. The summed E-state index contributed by atoms with van der Waals surface area (Å²) in [6.07, 6.45) is 1.84. The van der Waals surface area contributed by atoms with Gasteiger partial charge in [0.1, 0.15) is 11.6 Å². The van der Waals surface area contributed by atoms with Crippen molar-refractivity contribution in [3.8, 4) is 11.9 Å². The van der Waals surface area contributed by atoms with Gasteiger partial charge >= 0.3 is 0 Å². The molecule has 112 valence electrons. The van der Waals surface area contributed by atoms with Gasteiger partial charge in [0, 0.05) is 11.3 Å². The molecule has 2 aromatic rings. The largest absolute Gasteiger partial charge is 0.420 e. The summed E-state index contributed by atoms with van der Waals surface area (Å²) in [6.45, 7) is 4.14. The van der Waals surface area contributed by atoms with E-state index in [2.05, 4.69) is 23.2 Å². The normalized spacial score (nSPS) is 16.9. The molecule has 5 heteroatoms. The Balaban J connectivity index is 2.19. The van der Waals surface area contributed by atoms with Crippen LogP contribution < -0.4 is 10.5 Å². The van der Waals surface area contributed by atoms with Crippen LogP contribution in [-0.2, 0) is 6.42 Å². The van der Waals surface area contributed by atoms with Gasteiger partial charge < -0.3 is 10.5 Å². The molecule has 1 aliphatic heterocycles. The highest BCUT2D eigenvalue weighted by Crippen LogP contribution is 2.42. The van der Waals surface area contributed by atoms with Crippen LogP contribution in [0.1, 0.15) is 41.6 Å². The second-order valence-electron chi connectivity index (χ2n) is 5.51. The summed E-state index contributed by atoms with van der Waals surface area (Å²) in [6, 6.07) is 10.3. The molecule has 0 unspecified atom stereocenters. The van der Waals surface area contributed by atoms with Crippen molar-refractivity contribution in [3.63, 3.8) is 0 Å². The van der Waals surface area contributed by atoms with E-state index in [1.807, 2.05) is 31.2 Å². The number of hydrogen-bond acceptors (Lipinski definition) is 4. The molecule has 2 heterocycles. The monoisotopic (exact) mass is 294 g/mol. The predicted octanol–water partition coefficient (Wildman–Crippen LogP) is 2.89. The van der Waals surface area contributed by atoms with Crippen molar-refractivity contribution >= 4 is 0 Å². The Bertz CT molecular complexity index is 765. The van der Waals surface area contributed by atoms with Gasteiger partial charge in [-0.2, -0.15) is 5.26 Å². The summed E-state index contributed by atoms with van der Waals surface area (Å²) in [5.74, 6) is 0.385. The van der Waals surface area contributed by atoms with Gasteiger partial charge in [-0.1, -0.05) is 43.2 Å². The average Bonchev–Trinajstić information content (AvgIpc) is 2.90. The SMILES string of the molecule is CCCc1[nH]nc2c1[C@@H](c1ccc(C)cc1)C(C#N)=C(N)O2. The van der Waals surface area contributed by atoms with Gasteiger partial charge in [-0.15, -0.1) is 5.10 Å². The Labute approximate surface area is 129 Å². The maximum atomic E-state index is 9.53. The van der Waals surface area contributed by atoms with Crippen molar-refractivity contribution < 1.29 is 4.74 Å². The van der Waals surface area contributed by atoms with E-state index in [4.69, 9.17) is 10.5 Å². The number of nitrogens with zero attached hydrogens (tertiary/aromatic N) is 2. The first-order chi connectivity index (χ1) is 10.7. The maximum absolute atomic E-state index is 9.53. The fraction of sp³-hybridized carbons (Fsp3) is 0.294. The minimum Gasteiger partial charge on any atom is -0.420 e. The fourth-order valence-corrected chi connectivity index (χ4v) is 2.84. The van der Waals surface area contributed by atoms with E-state index < -0.39 is 0 Å². The summed E-state index contributed by atoms with van der Waals surface area (Å²) in [7, 11) is 0. The predicted molar refractivity (Wildman–Crippen MR) is 83.1 cm³/mol. The molecule has 3 N–H and O–H groups in total. The lowest BCUT2D eigenvalue weighted by molar-refractivity contribution is 0.378. The van der Waals surface area contributed by atoms with Crippen molar-refractivity contribution in [1.82, 2.24) is 10.2 Å². The zero-order chi connectivity index (χ0) is 15.7. The van der Waals surface area contributed by atoms with Crippen LogP contribution in [0.3, 0.4) is 0 Å². The number of H-pyrrole nitrogens is 1. The average molecular weight is 294 g/mol. The number of hydrogen-bond donors (Lipinski definition) is 2. The molecule has 5 nitrogen and oxygen atoms in total. The molecule has 0 aliphatic carbocycles. The van der Waals surface area contributed by atoms with Gasteiger partial charge in [-0.3, -0.25) is 5.10 Å². The smallest absolute Gasteiger partial charge is 0.244 e. The quantitative estimate of drug-likeness (QED) is 0.911. The first-order valence-electron chi connectivity index (χ1n) is 7.37. The number of nitrogens with two attached hydrogens (primary N) is 1. The molecule has 22 heavy (non-hydrogen) atoms. The number of aryl methyl sites for hydroxylation is 2. The van der Waals surface area contributed by atoms with Crippen LogP contribution in [0, 0.1) is 18.3 Å². The molecule has 0 saturated heterocycles. The Morgan fingerprint density at radius 2 is 2.09 bits per heavy atom. The topological polar surface area (TPSA) is 87.7 Å². The standard InChI is InChI=1S/C17H18N4O/c1-3-4-13-15-14(11-7-5-10(2)6-8-11)12(9-18)16(19)22-17(15)21-20-13/h5-8,14H,3-4,19H2,1-2H3,(H,20,21)/t14-/m0/s1. The summed E-state index contributed by atoms with van der Waals surface area (Å²) in [4.78, 5) is 0. The molecular formula is C17H18N4O. The molecule has 0 amide bonds. The number of nitriles is 1. The lowest BCUT2D eigenvalue weighted by Crippen LogP contribution is -2.21. The Kier molecular flexibility index (Phi) is 3.60. The third-order valence-electron chi connectivity index (χ3n) is 3.93. The molecule has 0 fully saturated rings. The summed E-state index contributed by atoms with van der Waals surface area (Å²) in [5.41, 5.74) is 10.5. The lowest BCUT2D eigenvalue weighted by atomic mass is 9.83. The van der Waals surface area contributed by atoms with E-state index in [-0.39, 0.29) is 11.8 Å². The number of allylic oxidation sites excluding steroid dienone is 1. The van der Waals surface area contributed by atoms with Crippen molar-refractivity contribution in [2.45, 2.75) is 32.6 Å². The highest BCUT2D eigenvalue weighted by atomic mass is 16.5. The summed E-state index contributed by atoms with van der Waals surface area (Å²) in [5, 5.41) is 16.8. The van der Waals surface area contributed by atoms with Gasteiger partial charge in [0.05, 0.1) is 5.92 Å². The van der Waals surface area contributed by atoms with E-state index in [1.165, 1.54) is 5.56 Å². The number of rotatable bonds is 3. The first-order valence-corrected chi connectivity index (χ1v) is 7.37. The molecule has 0 bridgehead atoms. The van der Waals surface area contributed by atoms with E-state index in [0.717, 1.165) is 29.7 Å². The fourth-order valence-electron chi connectivity index (χ4n) is 2.84. The highest BCUT2D eigenvalue weighted by molar-refractivity contribution is 5.55. The summed E-state index contributed by atoms with van der Waals surface area (Å²) < 4.78 is 5.53. The van der Waals surface area contributed by atoms with Crippen molar-refractivity contribution in [3.05, 3.63) is 58.1 Å². The van der Waals surface area contributed by atoms with Crippen LogP contribution in [0.4, 0.5) is 0 Å². The van der Waals surface area contributed by atoms with Crippen LogP contribution in [-0.4, -0.2) is 10.2 Å². The van der Waals surface area contributed by atoms with E-state index in [9.17, 15) is 5.26 Å². The van der Waals surface area contributed by atoms with E-state index in [1.54, 1.807) is 0 Å². The van der Waals surface area contributed by atoms with Gasteiger partial charge in [0.15, 0.2) is 0 Å². The number of aromatic nitrogens is 2. The lowest BCUT2D eigenvalue weighted by Gasteiger charge is -2.24. The number of fused-ring (bicyclic) bond motifs is 1. The molecule has 3 rings (SSSR count). The second kappa shape index (κ2) is 5.57. The third kappa shape index (κ3) is 2.23. The molecule has 1 aliphatic rings. The number of benzene rings is 1. The maximum Gasteiger partial charge on any atom is 0.244 e. The van der Waals surface area contributed by atoms with Crippen LogP contribution in [0.2, 0.25) is 0 Å². The van der Waals surface area contributed by atoms with Crippen molar-refractivity contribution in [2.24, 2.45) is 5.73 Å². The first kappa shape index (κ1) is 14.2. The molecule has 1 atom stereocenters.